The molecule has 0 spiro atoms. The van der Waals surface area contributed by atoms with Gasteiger partial charge in [0.25, 0.3) is 0 Å². The molecule has 31 heavy (non-hydrogen) atoms. The predicted molar refractivity (Wildman–Crippen MR) is 120 cm³/mol. The van der Waals surface area contributed by atoms with Crippen LogP contribution in [0.1, 0.15) is 47.7 Å². The first kappa shape index (κ1) is 24.6. The summed E-state index contributed by atoms with van der Waals surface area (Å²) < 4.78 is 15.6. The molecule has 0 aliphatic rings. The number of carbonyl (C=O) groups is 2. The molecule has 0 saturated carbocycles. The van der Waals surface area contributed by atoms with Gasteiger partial charge < -0.3 is 14.2 Å². The number of benzene rings is 2. The first-order valence-corrected chi connectivity index (χ1v) is 10.7. The van der Waals surface area contributed by atoms with Crippen LogP contribution in [0.15, 0.2) is 54.6 Å². The number of unbranched alkanes of at least 4 members (excludes halogenated alkanes) is 1. The predicted octanol–water partition coefficient (Wildman–Crippen LogP) is 4.22. The highest BCUT2D eigenvalue weighted by Gasteiger charge is 2.19. The second-order valence-electron chi connectivity index (χ2n) is 7.30. The van der Waals surface area contributed by atoms with Gasteiger partial charge in [-0.15, -0.1) is 0 Å². The summed E-state index contributed by atoms with van der Waals surface area (Å²) in [6.07, 6.45) is 2.69. The van der Waals surface area contributed by atoms with E-state index in [0.29, 0.717) is 25.1 Å². The van der Waals surface area contributed by atoms with Crippen LogP contribution in [0.25, 0.3) is 0 Å². The Morgan fingerprint density at radius 2 is 1.65 bits per heavy atom. The molecular weight excluding hydrogens is 394 g/mol. The van der Waals surface area contributed by atoms with E-state index in [1.807, 2.05) is 37.3 Å². The summed E-state index contributed by atoms with van der Waals surface area (Å²) in [7, 11) is 3.10. The minimum Gasteiger partial charge on any atom is -0.466 e. The average Bonchev–Trinajstić information content (AvgIpc) is 2.80. The number of ether oxygens (including phenoxy) is 3. The van der Waals surface area contributed by atoms with Gasteiger partial charge in [-0.1, -0.05) is 42.5 Å². The summed E-state index contributed by atoms with van der Waals surface area (Å²) >= 11 is 0. The average molecular weight is 428 g/mol. The maximum atomic E-state index is 11.7. The standard InChI is InChI=1S/C25H33NO5/c1-4-31-24(27)12-8-9-17-26(23(29-2)18-20-10-6-5-7-11-20)19-21-13-15-22(16-14-21)25(28)30-3/h5-7,10-11,13-16,23H,4,8-9,12,17-19H2,1-3H3. The number of hydrogen-bond donors (Lipinski definition) is 0. The van der Waals surface area contributed by atoms with Crippen molar-refractivity contribution in [2.24, 2.45) is 0 Å². The van der Waals surface area contributed by atoms with Gasteiger partial charge in [-0.2, -0.15) is 0 Å². The quantitative estimate of drug-likeness (QED) is 0.271. The van der Waals surface area contributed by atoms with Crippen LogP contribution in [0, 0.1) is 0 Å². The molecule has 2 aromatic carbocycles. The van der Waals surface area contributed by atoms with Crippen molar-refractivity contribution in [2.75, 3.05) is 27.4 Å². The van der Waals surface area contributed by atoms with E-state index >= 15 is 0 Å². The summed E-state index contributed by atoms with van der Waals surface area (Å²) in [5.41, 5.74) is 2.81. The molecular formula is C25H33NO5. The van der Waals surface area contributed by atoms with Crippen molar-refractivity contribution in [3.8, 4) is 0 Å². The normalized spacial score (nSPS) is 11.9. The molecule has 6 nitrogen and oxygen atoms in total. The van der Waals surface area contributed by atoms with Crippen LogP contribution in [0.5, 0.6) is 0 Å². The Morgan fingerprint density at radius 3 is 2.26 bits per heavy atom. The van der Waals surface area contributed by atoms with Crippen LogP contribution in [0.2, 0.25) is 0 Å². The largest absolute Gasteiger partial charge is 0.466 e. The molecule has 0 fully saturated rings. The third-order valence-electron chi connectivity index (χ3n) is 5.07. The molecule has 2 aromatic rings. The van der Waals surface area contributed by atoms with Crippen molar-refractivity contribution in [1.29, 1.82) is 0 Å². The molecule has 6 heteroatoms. The van der Waals surface area contributed by atoms with E-state index in [1.54, 1.807) is 19.2 Å². The minimum absolute atomic E-state index is 0.106. The summed E-state index contributed by atoms with van der Waals surface area (Å²) in [5, 5.41) is 0. The first-order chi connectivity index (χ1) is 15.1. The van der Waals surface area contributed by atoms with Gasteiger partial charge in [0.05, 0.1) is 19.3 Å². The van der Waals surface area contributed by atoms with Gasteiger partial charge in [0.1, 0.15) is 6.23 Å². The van der Waals surface area contributed by atoms with Crippen LogP contribution in [0.4, 0.5) is 0 Å². The van der Waals surface area contributed by atoms with Gasteiger partial charge in [0.2, 0.25) is 0 Å². The smallest absolute Gasteiger partial charge is 0.337 e. The SMILES string of the molecule is CCOC(=O)CCCCN(Cc1ccc(C(=O)OC)cc1)C(Cc1ccccc1)OC. The lowest BCUT2D eigenvalue weighted by molar-refractivity contribution is -0.143. The highest BCUT2D eigenvalue weighted by atomic mass is 16.5. The van der Waals surface area contributed by atoms with Gasteiger partial charge in [-0.3, -0.25) is 9.69 Å². The Kier molecular flexibility index (Phi) is 10.8. The van der Waals surface area contributed by atoms with E-state index in [-0.39, 0.29) is 18.2 Å². The maximum absolute atomic E-state index is 11.7. The van der Waals surface area contributed by atoms with Crippen molar-refractivity contribution in [3.05, 3.63) is 71.3 Å². The molecule has 0 aliphatic heterocycles. The molecule has 2 rings (SSSR count). The van der Waals surface area contributed by atoms with E-state index in [1.165, 1.54) is 12.7 Å². The molecule has 0 saturated heterocycles. The fourth-order valence-corrected chi connectivity index (χ4v) is 3.42. The topological polar surface area (TPSA) is 65.1 Å². The van der Waals surface area contributed by atoms with E-state index in [0.717, 1.165) is 31.4 Å². The lowest BCUT2D eigenvalue weighted by Crippen LogP contribution is -2.38. The zero-order valence-corrected chi connectivity index (χ0v) is 18.7. The molecule has 1 atom stereocenters. The fourth-order valence-electron chi connectivity index (χ4n) is 3.42. The second kappa shape index (κ2) is 13.6. The van der Waals surface area contributed by atoms with E-state index in [9.17, 15) is 9.59 Å². The van der Waals surface area contributed by atoms with Crippen molar-refractivity contribution < 1.29 is 23.8 Å². The molecule has 0 aliphatic carbocycles. The van der Waals surface area contributed by atoms with Crippen LogP contribution in [0.3, 0.4) is 0 Å². The summed E-state index contributed by atoms with van der Waals surface area (Å²) in [6, 6.07) is 17.7. The zero-order valence-electron chi connectivity index (χ0n) is 18.7. The molecule has 0 aromatic heterocycles. The number of methoxy groups -OCH3 is 2. The third-order valence-corrected chi connectivity index (χ3v) is 5.07. The Labute approximate surface area is 185 Å². The van der Waals surface area contributed by atoms with E-state index < -0.39 is 0 Å². The highest BCUT2D eigenvalue weighted by molar-refractivity contribution is 5.89. The molecule has 168 valence electrons. The van der Waals surface area contributed by atoms with Crippen LogP contribution >= 0.6 is 0 Å². The lowest BCUT2D eigenvalue weighted by Gasteiger charge is -2.31. The molecule has 1 unspecified atom stereocenters. The maximum Gasteiger partial charge on any atom is 0.337 e. The summed E-state index contributed by atoms with van der Waals surface area (Å²) in [5.74, 6) is -0.499. The Hall–Kier alpha value is -2.70. The van der Waals surface area contributed by atoms with Crippen LogP contribution in [-0.2, 0) is 32.0 Å². The lowest BCUT2D eigenvalue weighted by atomic mass is 10.1. The van der Waals surface area contributed by atoms with E-state index in [4.69, 9.17) is 14.2 Å². The van der Waals surface area contributed by atoms with Gasteiger partial charge in [0, 0.05) is 33.0 Å². The van der Waals surface area contributed by atoms with Crippen molar-refractivity contribution in [1.82, 2.24) is 4.90 Å². The van der Waals surface area contributed by atoms with Gasteiger partial charge in [-0.25, -0.2) is 4.79 Å². The van der Waals surface area contributed by atoms with Gasteiger partial charge in [0.15, 0.2) is 0 Å². The number of carbonyl (C=O) groups excluding carboxylic acids is 2. The molecule has 0 heterocycles. The number of nitrogens with zero attached hydrogens (tertiary/aromatic N) is 1. The zero-order chi connectivity index (χ0) is 22.5. The number of hydrogen-bond acceptors (Lipinski definition) is 6. The van der Waals surface area contributed by atoms with Gasteiger partial charge >= 0.3 is 11.9 Å². The Morgan fingerprint density at radius 1 is 0.935 bits per heavy atom. The van der Waals surface area contributed by atoms with Crippen molar-refractivity contribution in [3.63, 3.8) is 0 Å². The number of esters is 2. The summed E-state index contributed by atoms with van der Waals surface area (Å²) in [4.78, 5) is 25.6. The molecule has 0 N–H and O–H groups in total. The van der Waals surface area contributed by atoms with Gasteiger partial charge in [-0.05, 0) is 43.0 Å². The molecule has 0 amide bonds. The fraction of sp³-hybridized carbons (Fsp3) is 0.440. The van der Waals surface area contributed by atoms with Crippen LogP contribution in [-0.4, -0.2) is 50.4 Å². The van der Waals surface area contributed by atoms with E-state index in [2.05, 4.69) is 17.0 Å². The molecule has 0 radical (unpaired) electrons. The second-order valence-corrected chi connectivity index (χ2v) is 7.30. The third kappa shape index (κ3) is 8.52. The molecule has 0 bridgehead atoms. The van der Waals surface area contributed by atoms with Crippen LogP contribution < -0.4 is 0 Å². The number of rotatable bonds is 13. The Bertz CT molecular complexity index is 791. The Balaban J connectivity index is 2.06. The summed E-state index contributed by atoms with van der Waals surface area (Å²) in [6.45, 7) is 3.68. The highest BCUT2D eigenvalue weighted by Crippen LogP contribution is 2.16. The minimum atomic E-state index is -0.346. The van der Waals surface area contributed by atoms with Crippen molar-refractivity contribution in [2.45, 2.75) is 45.4 Å². The first-order valence-electron chi connectivity index (χ1n) is 10.7. The van der Waals surface area contributed by atoms with Crippen molar-refractivity contribution >= 4 is 11.9 Å². The monoisotopic (exact) mass is 427 g/mol.